The zero-order valence-corrected chi connectivity index (χ0v) is 12.8. The minimum absolute atomic E-state index is 0. The predicted octanol–water partition coefficient (Wildman–Crippen LogP) is 2.13. The Labute approximate surface area is 122 Å². The van der Waals surface area contributed by atoms with E-state index in [0.29, 0.717) is 0 Å². The summed E-state index contributed by atoms with van der Waals surface area (Å²) >= 11 is 0. The quantitative estimate of drug-likeness (QED) is 0.777. The summed E-state index contributed by atoms with van der Waals surface area (Å²) in [6.45, 7) is 3.73. The second-order valence-corrected chi connectivity index (χ2v) is 5.19. The molecule has 1 aliphatic carbocycles. The molecular formula is C15H25ClN2O. The standard InChI is InChI=1S/C15H24N2O.ClH/c1-17(2)10-8-16-9-11-18-15-7-6-13-4-3-5-14(13)12-15;/h6-7,12,16H,3-5,8-11H2,1-2H3;1H. The van der Waals surface area contributed by atoms with Gasteiger partial charge in [-0.2, -0.15) is 0 Å². The van der Waals surface area contributed by atoms with E-state index in [9.17, 15) is 0 Å². The van der Waals surface area contributed by atoms with Crippen molar-refractivity contribution >= 4 is 12.4 Å². The highest BCUT2D eigenvalue weighted by Crippen LogP contribution is 2.25. The number of rotatable bonds is 7. The average Bonchev–Trinajstić information content (AvgIpc) is 2.80. The van der Waals surface area contributed by atoms with Crippen LogP contribution in [0.15, 0.2) is 18.2 Å². The molecule has 1 aromatic rings. The lowest BCUT2D eigenvalue weighted by atomic mass is 10.1. The number of halogens is 1. The Hall–Kier alpha value is -0.770. The van der Waals surface area contributed by atoms with Crippen LogP contribution in [0.3, 0.4) is 0 Å². The molecule has 0 amide bonds. The molecule has 0 radical (unpaired) electrons. The van der Waals surface area contributed by atoms with Gasteiger partial charge in [-0.15, -0.1) is 12.4 Å². The molecule has 0 bridgehead atoms. The van der Waals surface area contributed by atoms with Crippen molar-refractivity contribution in [2.75, 3.05) is 40.3 Å². The summed E-state index contributed by atoms with van der Waals surface area (Å²) in [7, 11) is 4.17. The number of benzene rings is 1. The summed E-state index contributed by atoms with van der Waals surface area (Å²) in [5.74, 6) is 1.02. The Morgan fingerprint density at radius 3 is 2.74 bits per heavy atom. The van der Waals surface area contributed by atoms with E-state index in [2.05, 4.69) is 42.5 Å². The van der Waals surface area contributed by atoms with Crippen molar-refractivity contribution < 1.29 is 4.74 Å². The first-order valence-electron chi connectivity index (χ1n) is 6.86. The molecule has 0 spiro atoms. The van der Waals surface area contributed by atoms with Gasteiger partial charge in [-0.1, -0.05) is 6.07 Å². The second kappa shape index (κ2) is 8.41. The summed E-state index contributed by atoms with van der Waals surface area (Å²) in [5.41, 5.74) is 2.99. The van der Waals surface area contributed by atoms with E-state index < -0.39 is 0 Å². The number of aryl methyl sites for hydroxylation is 2. The van der Waals surface area contributed by atoms with Crippen LogP contribution in [0.2, 0.25) is 0 Å². The fourth-order valence-electron chi connectivity index (χ4n) is 2.31. The van der Waals surface area contributed by atoms with Gasteiger partial charge < -0.3 is 15.0 Å². The van der Waals surface area contributed by atoms with Crippen molar-refractivity contribution in [1.82, 2.24) is 10.2 Å². The molecule has 0 unspecified atom stereocenters. The van der Waals surface area contributed by atoms with Gasteiger partial charge in [0.1, 0.15) is 12.4 Å². The van der Waals surface area contributed by atoms with E-state index in [1.54, 1.807) is 0 Å². The lowest BCUT2D eigenvalue weighted by Gasteiger charge is -2.11. The first-order chi connectivity index (χ1) is 8.75. The van der Waals surface area contributed by atoms with Gasteiger partial charge >= 0.3 is 0 Å². The molecule has 0 saturated carbocycles. The van der Waals surface area contributed by atoms with Crippen molar-refractivity contribution in [3.05, 3.63) is 29.3 Å². The second-order valence-electron chi connectivity index (χ2n) is 5.19. The zero-order valence-electron chi connectivity index (χ0n) is 11.9. The maximum Gasteiger partial charge on any atom is 0.119 e. The van der Waals surface area contributed by atoms with E-state index in [4.69, 9.17) is 4.74 Å². The van der Waals surface area contributed by atoms with Crippen LogP contribution in [-0.2, 0) is 12.8 Å². The molecule has 0 atom stereocenters. The van der Waals surface area contributed by atoms with E-state index in [-0.39, 0.29) is 12.4 Å². The Kier molecular flexibility index (Phi) is 7.21. The number of likely N-dealkylation sites (N-methyl/N-ethyl adjacent to an activating group) is 1. The highest BCUT2D eigenvalue weighted by atomic mass is 35.5. The molecule has 0 saturated heterocycles. The number of hydrogen-bond acceptors (Lipinski definition) is 3. The molecule has 1 aliphatic rings. The van der Waals surface area contributed by atoms with Crippen LogP contribution in [0.4, 0.5) is 0 Å². The summed E-state index contributed by atoms with van der Waals surface area (Å²) in [4.78, 5) is 2.17. The van der Waals surface area contributed by atoms with Crippen LogP contribution in [0.5, 0.6) is 5.75 Å². The van der Waals surface area contributed by atoms with Gasteiger partial charge in [0.2, 0.25) is 0 Å². The lowest BCUT2D eigenvalue weighted by Crippen LogP contribution is -2.29. The fraction of sp³-hybridized carbons (Fsp3) is 0.600. The van der Waals surface area contributed by atoms with Gasteiger partial charge in [0.15, 0.2) is 0 Å². The largest absolute Gasteiger partial charge is 0.492 e. The van der Waals surface area contributed by atoms with Crippen molar-refractivity contribution in [2.24, 2.45) is 0 Å². The maximum atomic E-state index is 5.76. The van der Waals surface area contributed by atoms with Crippen LogP contribution >= 0.6 is 12.4 Å². The van der Waals surface area contributed by atoms with Crippen molar-refractivity contribution in [2.45, 2.75) is 19.3 Å². The first-order valence-corrected chi connectivity index (χ1v) is 6.86. The van der Waals surface area contributed by atoms with Gasteiger partial charge in [0, 0.05) is 19.6 Å². The van der Waals surface area contributed by atoms with Crippen LogP contribution in [-0.4, -0.2) is 45.2 Å². The first kappa shape index (κ1) is 16.3. The van der Waals surface area contributed by atoms with Crippen molar-refractivity contribution in [1.29, 1.82) is 0 Å². The number of ether oxygens (including phenoxy) is 1. The maximum absolute atomic E-state index is 5.76. The molecule has 1 N–H and O–H groups in total. The molecule has 4 heteroatoms. The minimum Gasteiger partial charge on any atom is -0.492 e. The van der Waals surface area contributed by atoms with Gasteiger partial charge in [-0.05, 0) is 56.6 Å². The number of fused-ring (bicyclic) bond motifs is 1. The molecule has 2 rings (SSSR count). The Bertz CT molecular complexity index is 382. The van der Waals surface area contributed by atoms with Crippen molar-refractivity contribution in [3.63, 3.8) is 0 Å². The molecule has 0 heterocycles. The van der Waals surface area contributed by atoms with Crippen LogP contribution in [0, 0.1) is 0 Å². The summed E-state index contributed by atoms with van der Waals surface area (Å²) in [6, 6.07) is 6.53. The van der Waals surface area contributed by atoms with E-state index in [1.165, 1.54) is 30.4 Å². The monoisotopic (exact) mass is 284 g/mol. The predicted molar refractivity (Wildman–Crippen MR) is 82.6 cm³/mol. The van der Waals surface area contributed by atoms with Crippen LogP contribution in [0.1, 0.15) is 17.5 Å². The highest BCUT2D eigenvalue weighted by molar-refractivity contribution is 5.85. The molecule has 19 heavy (non-hydrogen) atoms. The summed E-state index contributed by atoms with van der Waals surface area (Å²) in [6.07, 6.45) is 3.75. The Morgan fingerprint density at radius 1 is 1.16 bits per heavy atom. The van der Waals surface area contributed by atoms with Gasteiger partial charge in [0.25, 0.3) is 0 Å². The molecule has 3 nitrogen and oxygen atoms in total. The number of hydrogen-bond donors (Lipinski definition) is 1. The van der Waals surface area contributed by atoms with E-state index in [0.717, 1.165) is 32.0 Å². The topological polar surface area (TPSA) is 24.5 Å². The molecule has 1 aromatic carbocycles. The number of nitrogens with zero attached hydrogens (tertiary/aromatic N) is 1. The van der Waals surface area contributed by atoms with Crippen LogP contribution in [0.25, 0.3) is 0 Å². The normalized spacial score (nSPS) is 13.2. The summed E-state index contributed by atoms with van der Waals surface area (Å²) in [5, 5.41) is 3.37. The highest BCUT2D eigenvalue weighted by Gasteiger charge is 2.10. The third kappa shape index (κ3) is 5.39. The smallest absolute Gasteiger partial charge is 0.119 e. The fourth-order valence-corrected chi connectivity index (χ4v) is 2.31. The molecule has 108 valence electrons. The molecular weight excluding hydrogens is 260 g/mol. The SMILES string of the molecule is CN(C)CCNCCOc1ccc2c(c1)CCC2.Cl. The van der Waals surface area contributed by atoms with Gasteiger partial charge in [0.05, 0.1) is 0 Å². The van der Waals surface area contributed by atoms with Crippen molar-refractivity contribution in [3.8, 4) is 5.75 Å². The average molecular weight is 285 g/mol. The lowest BCUT2D eigenvalue weighted by molar-refractivity contribution is 0.308. The Morgan fingerprint density at radius 2 is 1.95 bits per heavy atom. The van der Waals surface area contributed by atoms with E-state index in [1.807, 2.05) is 0 Å². The van der Waals surface area contributed by atoms with Crippen LogP contribution < -0.4 is 10.1 Å². The van der Waals surface area contributed by atoms with Gasteiger partial charge in [-0.25, -0.2) is 0 Å². The molecule has 0 aromatic heterocycles. The third-order valence-corrected chi connectivity index (χ3v) is 3.35. The summed E-state index contributed by atoms with van der Waals surface area (Å²) < 4.78 is 5.76. The third-order valence-electron chi connectivity index (χ3n) is 3.35. The number of nitrogens with one attached hydrogen (secondary N) is 1. The zero-order chi connectivity index (χ0) is 12.8. The van der Waals surface area contributed by atoms with E-state index >= 15 is 0 Å². The molecule has 0 fully saturated rings. The Balaban J connectivity index is 0.00000180. The minimum atomic E-state index is 0. The molecule has 0 aliphatic heterocycles. The van der Waals surface area contributed by atoms with Gasteiger partial charge in [-0.3, -0.25) is 0 Å².